The number of esters is 1. The number of carbonyl (C=O) groups excluding carboxylic acids is 2. The molecule has 0 heterocycles. The van der Waals surface area contributed by atoms with E-state index < -0.39 is 26.6 Å². The van der Waals surface area contributed by atoms with Gasteiger partial charge in [0, 0.05) is 12.8 Å². The van der Waals surface area contributed by atoms with E-state index in [2.05, 4.69) is 99.0 Å². The smallest absolute Gasteiger partial charge is 0.306 e. The van der Waals surface area contributed by atoms with E-state index in [9.17, 15) is 19.0 Å². The average molecular weight is 1100 g/mol. The quantitative estimate of drug-likeness (QED) is 0.0212. The third kappa shape index (κ3) is 57.7. The van der Waals surface area contributed by atoms with Gasteiger partial charge in [-0.3, -0.25) is 14.2 Å². The van der Waals surface area contributed by atoms with Gasteiger partial charge in [0.05, 0.1) is 33.8 Å². The van der Waals surface area contributed by atoms with Gasteiger partial charge in [0.1, 0.15) is 19.3 Å². The van der Waals surface area contributed by atoms with E-state index in [0.717, 1.165) is 103 Å². The molecule has 446 valence electrons. The third-order valence-corrected chi connectivity index (χ3v) is 14.8. The number of rotatable bonds is 57. The highest BCUT2D eigenvalue weighted by Crippen LogP contribution is 2.38. The molecule has 0 radical (unpaired) electrons. The maximum absolute atomic E-state index is 13.5. The molecule has 0 rings (SSSR count). The second-order valence-electron chi connectivity index (χ2n) is 22.5. The highest BCUT2D eigenvalue weighted by Gasteiger charge is 2.27. The molecular weight excluding hydrogens is 976 g/mol. The molecule has 77 heavy (non-hydrogen) atoms. The van der Waals surface area contributed by atoms with Gasteiger partial charge in [0.2, 0.25) is 5.91 Å². The second kappa shape index (κ2) is 56.5. The Morgan fingerprint density at radius 3 is 1.25 bits per heavy atom. The molecule has 10 heteroatoms. The van der Waals surface area contributed by atoms with Crippen molar-refractivity contribution in [2.75, 3.05) is 40.9 Å². The number of likely N-dealkylation sites (N-methyl/N-ethyl adjacent to an activating group) is 1. The van der Waals surface area contributed by atoms with E-state index in [4.69, 9.17) is 13.8 Å². The van der Waals surface area contributed by atoms with Gasteiger partial charge in [0.15, 0.2) is 0 Å². The summed E-state index contributed by atoms with van der Waals surface area (Å²) >= 11 is 0. The van der Waals surface area contributed by atoms with E-state index in [-0.39, 0.29) is 24.9 Å². The largest absolute Gasteiger partial charge is 0.756 e. The van der Waals surface area contributed by atoms with Gasteiger partial charge in [-0.1, -0.05) is 267 Å². The summed E-state index contributed by atoms with van der Waals surface area (Å²) in [6.45, 7) is 6.73. The van der Waals surface area contributed by atoms with Crippen molar-refractivity contribution in [1.82, 2.24) is 5.32 Å². The molecule has 9 nitrogen and oxygen atoms in total. The topological polar surface area (TPSA) is 114 Å². The van der Waals surface area contributed by atoms with Gasteiger partial charge >= 0.3 is 5.97 Å². The summed E-state index contributed by atoms with van der Waals surface area (Å²) in [5.74, 6) is -0.566. The molecule has 0 aliphatic rings. The number of unbranched alkanes of at least 4 members (excludes halogenated alkanes) is 29. The van der Waals surface area contributed by atoms with Crippen LogP contribution < -0.4 is 10.2 Å². The van der Waals surface area contributed by atoms with Crippen LogP contribution >= 0.6 is 7.82 Å². The van der Waals surface area contributed by atoms with Crippen LogP contribution in [0.5, 0.6) is 0 Å². The lowest BCUT2D eigenvalue weighted by atomic mass is 10.0. The zero-order valence-corrected chi connectivity index (χ0v) is 51.8. The number of hydrogen-bond donors (Lipinski definition) is 1. The molecule has 0 saturated heterocycles. The van der Waals surface area contributed by atoms with E-state index in [1.165, 1.54) is 135 Å². The van der Waals surface area contributed by atoms with E-state index in [0.29, 0.717) is 23.9 Å². The standard InChI is InChI=1S/C67H121N2O7P/c1-7-10-13-16-19-22-25-28-30-31-32-33-34-35-36-37-39-42-45-48-51-54-57-60-67(71)76-65(58-55-52-49-46-43-40-27-24-21-18-15-12-9-3)64(63-75-77(72,73)74-62-61-69(4,5)6)68-66(70)59-56-53-50-47-44-41-38-29-26-23-20-17-14-11-8-2/h10,13,19,22,28,30,32-33,35-36,39,42,55,58,64-65H,7-9,11-12,14-18,20-21,23-27,29,31,34,37-38,40-41,43-54,56-57,59-63H2,1-6H3,(H-,68,70,72,73)/b13-10-,22-19-,30-28-,33-32-,36-35-,42-39-,58-55+. The first kappa shape index (κ1) is 74.2. The molecule has 0 bridgehead atoms. The summed E-state index contributed by atoms with van der Waals surface area (Å²) in [4.78, 5) is 40.0. The van der Waals surface area contributed by atoms with Crippen LogP contribution in [0.2, 0.25) is 0 Å². The number of phosphoric acid groups is 1. The van der Waals surface area contributed by atoms with Crippen LogP contribution in [0.4, 0.5) is 0 Å². The van der Waals surface area contributed by atoms with Crippen LogP contribution in [0.25, 0.3) is 0 Å². The third-order valence-electron chi connectivity index (χ3n) is 13.8. The van der Waals surface area contributed by atoms with Crippen molar-refractivity contribution in [3.63, 3.8) is 0 Å². The molecule has 0 aromatic carbocycles. The minimum atomic E-state index is -4.71. The lowest BCUT2D eigenvalue weighted by molar-refractivity contribution is -0.870. The summed E-state index contributed by atoms with van der Waals surface area (Å²) in [5.41, 5.74) is 0. The molecule has 0 aliphatic heterocycles. The average Bonchev–Trinajstić information content (AvgIpc) is 3.39. The Morgan fingerprint density at radius 1 is 0.468 bits per heavy atom. The van der Waals surface area contributed by atoms with E-state index in [1.807, 2.05) is 33.3 Å². The van der Waals surface area contributed by atoms with Gasteiger partial charge in [-0.25, -0.2) is 0 Å². The molecule has 0 saturated carbocycles. The summed E-state index contributed by atoms with van der Waals surface area (Å²) in [6.07, 6.45) is 74.0. The fourth-order valence-electron chi connectivity index (χ4n) is 8.94. The molecule has 0 aliphatic carbocycles. The van der Waals surface area contributed by atoms with Crippen LogP contribution in [0.1, 0.15) is 278 Å². The van der Waals surface area contributed by atoms with Crippen LogP contribution in [-0.4, -0.2) is 69.4 Å². The lowest BCUT2D eigenvalue weighted by Gasteiger charge is -2.30. The minimum absolute atomic E-state index is 0.0286. The Kier molecular flexibility index (Phi) is 54.4. The Hall–Kier alpha value is -2.81. The van der Waals surface area contributed by atoms with Gasteiger partial charge in [-0.2, -0.15) is 0 Å². The number of ether oxygens (including phenoxy) is 1. The molecule has 1 N–H and O–H groups in total. The Labute approximate surface area is 476 Å². The summed E-state index contributed by atoms with van der Waals surface area (Å²) in [5, 5.41) is 3.03. The van der Waals surface area contributed by atoms with Gasteiger partial charge in [-0.15, -0.1) is 0 Å². The molecule has 0 aromatic heterocycles. The number of amides is 1. The fourth-order valence-corrected chi connectivity index (χ4v) is 9.66. The molecular formula is C67H121N2O7P. The number of allylic oxidation sites excluding steroid dienone is 13. The number of carbonyl (C=O) groups is 2. The van der Waals surface area contributed by atoms with Gasteiger partial charge in [0.25, 0.3) is 7.82 Å². The van der Waals surface area contributed by atoms with Crippen molar-refractivity contribution >= 4 is 19.7 Å². The van der Waals surface area contributed by atoms with Crippen LogP contribution in [0.15, 0.2) is 85.1 Å². The van der Waals surface area contributed by atoms with E-state index in [1.54, 1.807) is 0 Å². The van der Waals surface area contributed by atoms with Crippen molar-refractivity contribution < 1.29 is 37.3 Å². The van der Waals surface area contributed by atoms with Gasteiger partial charge < -0.3 is 28.5 Å². The van der Waals surface area contributed by atoms with Crippen molar-refractivity contribution in [2.24, 2.45) is 0 Å². The van der Waals surface area contributed by atoms with Crippen molar-refractivity contribution in [1.29, 1.82) is 0 Å². The molecule has 3 atom stereocenters. The van der Waals surface area contributed by atoms with Crippen LogP contribution in [0.3, 0.4) is 0 Å². The summed E-state index contributed by atoms with van der Waals surface area (Å²) in [6, 6.07) is -0.901. The molecule has 1 amide bonds. The van der Waals surface area contributed by atoms with Gasteiger partial charge in [-0.05, 0) is 83.1 Å². The number of quaternary nitrogens is 1. The fraction of sp³-hybridized carbons (Fsp3) is 0.761. The van der Waals surface area contributed by atoms with Crippen molar-refractivity contribution in [3.05, 3.63) is 85.1 Å². The maximum Gasteiger partial charge on any atom is 0.306 e. The predicted octanol–water partition coefficient (Wildman–Crippen LogP) is 19.1. The first-order valence-electron chi connectivity index (χ1n) is 31.9. The Morgan fingerprint density at radius 2 is 0.831 bits per heavy atom. The second-order valence-corrected chi connectivity index (χ2v) is 23.9. The lowest BCUT2D eigenvalue weighted by Crippen LogP contribution is -2.47. The SMILES string of the molecule is CC/C=C\C/C=C\C/C=C\C/C=C\C/C=C\C/C=C\CCCCCCC(=O)OC(/C=C/CCCCCCCCCCCCC)C(COP(=O)([O-])OCC[N+](C)(C)C)NC(=O)CCCCCCCCCCCCCCCCC. The first-order valence-corrected chi connectivity index (χ1v) is 33.4. The molecule has 3 unspecified atom stereocenters. The Balaban J connectivity index is 5.29. The molecule has 0 fully saturated rings. The summed E-state index contributed by atoms with van der Waals surface area (Å²) in [7, 11) is 1.17. The maximum atomic E-state index is 13.5. The minimum Gasteiger partial charge on any atom is -0.756 e. The Bertz CT molecular complexity index is 1590. The van der Waals surface area contributed by atoms with Crippen molar-refractivity contribution in [3.8, 4) is 0 Å². The first-order chi connectivity index (χ1) is 37.4. The number of hydrogen-bond acceptors (Lipinski definition) is 7. The van der Waals surface area contributed by atoms with Crippen LogP contribution in [0, 0.1) is 0 Å². The summed E-state index contributed by atoms with van der Waals surface area (Å²) < 4.78 is 30.3. The molecule has 0 aromatic rings. The number of nitrogens with zero attached hydrogens (tertiary/aromatic N) is 1. The highest BCUT2D eigenvalue weighted by atomic mass is 31.2. The monoisotopic (exact) mass is 1100 g/mol. The number of nitrogens with one attached hydrogen (secondary N) is 1. The number of phosphoric ester groups is 1. The predicted molar refractivity (Wildman–Crippen MR) is 330 cm³/mol. The normalized spacial score (nSPS) is 14.2. The van der Waals surface area contributed by atoms with Crippen LogP contribution in [-0.2, 0) is 27.9 Å². The zero-order valence-electron chi connectivity index (χ0n) is 50.9. The van der Waals surface area contributed by atoms with E-state index >= 15 is 0 Å². The van der Waals surface area contributed by atoms with Crippen molar-refractivity contribution in [2.45, 2.75) is 290 Å². The zero-order chi connectivity index (χ0) is 56.4. The highest BCUT2D eigenvalue weighted by molar-refractivity contribution is 7.45. The molecule has 0 spiro atoms.